The first kappa shape index (κ1) is 25.0. The van der Waals surface area contributed by atoms with E-state index in [-0.39, 0.29) is 41.8 Å². The lowest BCUT2D eigenvalue weighted by Crippen LogP contribution is -2.56. The van der Waals surface area contributed by atoms with Crippen LogP contribution in [0.2, 0.25) is 0 Å². The molecule has 2 fully saturated rings. The van der Waals surface area contributed by atoms with E-state index in [0.717, 1.165) is 36.4 Å². The highest BCUT2D eigenvalue weighted by Gasteiger charge is 2.40. The minimum Gasteiger partial charge on any atom is -0.381 e. The van der Waals surface area contributed by atoms with Crippen molar-refractivity contribution in [2.24, 2.45) is 16.8 Å². The number of likely N-dealkylation sites (tertiary alicyclic amines) is 1. The maximum Gasteiger partial charge on any atom is 0.246 e. The molecule has 0 aromatic carbocycles. The molecule has 3 aliphatic heterocycles. The van der Waals surface area contributed by atoms with Crippen molar-refractivity contribution < 1.29 is 14.3 Å². The SMILES string of the molecule is CN[C@@H](C)C(=O)N[C@H](C(=O)N1CCC[C@H]1c1nc(C2=CC=CC3N=CC=CC23)cs1)C1CCOCC1. The number of ether oxygens (including phenoxy) is 1. The number of carbonyl (C=O) groups excluding carboxylic acids is 2. The van der Waals surface area contributed by atoms with Gasteiger partial charge in [0.2, 0.25) is 11.8 Å². The lowest BCUT2D eigenvalue weighted by atomic mass is 9.84. The molecule has 4 aliphatic rings. The number of rotatable bonds is 7. The van der Waals surface area contributed by atoms with Gasteiger partial charge in [-0.05, 0) is 57.2 Å². The zero-order valence-corrected chi connectivity index (χ0v) is 21.7. The fourth-order valence-corrected chi connectivity index (χ4v) is 6.48. The first-order valence-electron chi connectivity index (χ1n) is 13.0. The van der Waals surface area contributed by atoms with Crippen molar-refractivity contribution in [3.63, 3.8) is 0 Å². The number of allylic oxidation sites excluding steroid dienone is 3. The zero-order valence-electron chi connectivity index (χ0n) is 20.9. The van der Waals surface area contributed by atoms with Crippen molar-refractivity contribution in [2.45, 2.75) is 56.8 Å². The number of aliphatic imine (C=N–C) groups is 1. The molecule has 0 radical (unpaired) electrons. The highest BCUT2D eigenvalue weighted by atomic mass is 32.1. The Morgan fingerprint density at radius 3 is 2.83 bits per heavy atom. The number of fused-ring (bicyclic) bond motifs is 1. The number of aromatic nitrogens is 1. The summed E-state index contributed by atoms with van der Waals surface area (Å²) < 4.78 is 5.54. The Hall–Kier alpha value is -2.62. The molecule has 2 saturated heterocycles. The molecule has 8 nitrogen and oxygen atoms in total. The molecule has 1 aromatic heterocycles. The number of likely N-dealkylation sites (N-methyl/N-ethyl adjacent to an activating group) is 1. The van der Waals surface area contributed by atoms with Crippen LogP contribution in [0.5, 0.6) is 0 Å². The number of amides is 2. The summed E-state index contributed by atoms with van der Waals surface area (Å²) in [5, 5.41) is 9.12. The summed E-state index contributed by atoms with van der Waals surface area (Å²) in [7, 11) is 1.75. The Bertz CT molecular complexity index is 1090. The van der Waals surface area contributed by atoms with E-state index in [1.807, 2.05) is 24.1 Å². The van der Waals surface area contributed by atoms with Crippen molar-refractivity contribution >= 4 is 34.9 Å². The van der Waals surface area contributed by atoms with Crippen LogP contribution >= 0.6 is 11.3 Å². The summed E-state index contributed by atoms with van der Waals surface area (Å²) in [5.41, 5.74) is 2.13. The summed E-state index contributed by atoms with van der Waals surface area (Å²) in [5.74, 6) is 0.118. The van der Waals surface area contributed by atoms with E-state index in [4.69, 9.17) is 9.72 Å². The molecule has 1 aromatic rings. The number of carbonyl (C=O) groups is 2. The third-order valence-corrected chi connectivity index (χ3v) is 8.69. The van der Waals surface area contributed by atoms with E-state index < -0.39 is 6.04 Å². The highest BCUT2D eigenvalue weighted by molar-refractivity contribution is 7.09. The third kappa shape index (κ3) is 5.10. The predicted octanol–water partition coefficient (Wildman–Crippen LogP) is 2.90. The molecule has 2 amide bonds. The Kier molecular flexibility index (Phi) is 7.79. The van der Waals surface area contributed by atoms with E-state index in [1.54, 1.807) is 18.4 Å². The van der Waals surface area contributed by atoms with Crippen LogP contribution in [0.1, 0.15) is 49.4 Å². The average Bonchev–Trinajstić information content (AvgIpc) is 3.61. The molecular weight excluding hydrogens is 474 g/mol. The topological polar surface area (TPSA) is 95.9 Å². The minimum atomic E-state index is -0.547. The molecule has 2 unspecified atom stereocenters. The van der Waals surface area contributed by atoms with Crippen molar-refractivity contribution in [2.75, 3.05) is 26.8 Å². The molecule has 192 valence electrons. The second kappa shape index (κ2) is 11.2. The van der Waals surface area contributed by atoms with Gasteiger partial charge in [-0.15, -0.1) is 11.3 Å². The maximum atomic E-state index is 14.0. The maximum absolute atomic E-state index is 14.0. The van der Waals surface area contributed by atoms with Crippen LogP contribution in [0.3, 0.4) is 0 Å². The van der Waals surface area contributed by atoms with Gasteiger partial charge in [0.1, 0.15) is 11.0 Å². The molecular formula is C27H35N5O3S. The van der Waals surface area contributed by atoms with Crippen LogP contribution in [-0.4, -0.2) is 72.8 Å². The summed E-state index contributed by atoms with van der Waals surface area (Å²) >= 11 is 1.62. The lowest BCUT2D eigenvalue weighted by Gasteiger charge is -2.35. The van der Waals surface area contributed by atoms with Crippen LogP contribution in [0.25, 0.3) is 5.57 Å². The van der Waals surface area contributed by atoms with Crippen LogP contribution in [-0.2, 0) is 14.3 Å². The fourth-order valence-electron chi connectivity index (χ4n) is 5.50. The van der Waals surface area contributed by atoms with Gasteiger partial charge in [0.05, 0.1) is 23.8 Å². The second-order valence-corrected chi connectivity index (χ2v) is 10.8. The molecule has 4 heterocycles. The molecule has 0 saturated carbocycles. The van der Waals surface area contributed by atoms with E-state index in [2.05, 4.69) is 45.3 Å². The van der Waals surface area contributed by atoms with Gasteiger partial charge in [-0.2, -0.15) is 0 Å². The normalized spacial score (nSPS) is 27.4. The van der Waals surface area contributed by atoms with E-state index in [0.29, 0.717) is 19.8 Å². The molecule has 5 rings (SSSR count). The van der Waals surface area contributed by atoms with Crippen LogP contribution in [0.15, 0.2) is 40.8 Å². The first-order valence-corrected chi connectivity index (χ1v) is 13.8. The van der Waals surface area contributed by atoms with E-state index in [1.165, 1.54) is 5.57 Å². The molecule has 0 bridgehead atoms. The van der Waals surface area contributed by atoms with Gasteiger partial charge < -0.3 is 20.3 Å². The summed E-state index contributed by atoms with van der Waals surface area (Å²) in [6, 6.07) is -0.855. The van der Waals surface area contributed by atoms with Gasteiger partial charge in [-0.25, -0.2) is 4.98 Å². The third-order valence-electron chi connectivity index (χ3n) is 7.74. The van der Waals surface area contributed by atoms with Gasteiger partial charge in [0.15, 0.2) is 0 Å². The zero-order chi connectivity index (χ0) is 25.1. The molecule has 2 N–H and O–H groups in total. The fraction of sp³-hybridized carbons (Fsp3) is 0.556. The smallest absolute Gasteiger partial charge is 0.246 e. The second-order valence-electron chi connectivity index (χ2n) is 9.91. The minimum absolute atomic E-state index is 0.00207. The number of thiazole rings is 1. The number of hydrogen-bond acceptors (Lipinski definition) is 7. The van der Waals surface area contributed by atoms with Crippen LogP contribution in [0.4, 0.5) is 0 Å². The van der Waals surface area contributed by atoms with Crippen molar-refractivity contribution in [1.29, 1.82) is 0 Å². The van der Waals surface area contributed by atoms with Crippen molar-refractivity contribution in [3.05, 3.63) is 46.5 Å². The van der Waals surface area contributed by atoms with Gasteiger partial charge in [-0.3, -0.25) is 14.6 Å². The van der Waals surface area contributed by atoms with Crippen LogP contribution < -0.4 is 10.6 Å². The van der Waals surface area contributed by atoms with Crippen LogP contribution in [0, 0.1) is 11.8 Å². The highest BCUT2D eigenvalue weighted by Crippen LogP contribution is 2.39. The summed E-state index contributed by atoms with van der Waals surface area (Å²) in [6.07, 6.45) is 15.7. The Morgan fingerprint density at radius 2 is 2.03 bits per heavy atom. The molecule has 0 spiro atoms. The quantitative estimate of drug-likeness (QED) is 0.589. The largest absolute Gasteiger partial charge is 0.381 e. The monoisotopic (exact) mass is 509 g/mol. The van der Waals surface area contributed by atoms with Gasteiger partial charge >= 0.3 is 0 Å². The van der Waals surface area contributed by atoms with Crippen molar-refractivity contribution in [3.8, 4) is 0 Å². The summed E-state index contributed by atoms with van der Waals surface area (Å²) in [6.45, 7) is 3.73. The number of dihydropyridines is 1. The Morgan fingerprint density at radius 1 is 1.19 bits per heavy atom. The molecule has 1 aliphatic carbocycles. The Labute approximate surface area is 216 Å². The lowest BCUT2D eigenvalue weighted by molar-refractivity contribution is -0.140. The number of nitrogens with one attached hydrogen (secondary N) is 2. The van der Waals surface area contributed by atoms with Gasteiger partial charge in [0.25, 0.3) is 0 Å². The average molecular weight is 510 g/mol. The summed E-state index contributed by atoms with van der Waals surface area (Å²) in [4.78, 5) is 38.3. The van der Waals surface area contributed by atoms with E-state index in [9.17, 15) is 9.59 Å². The number of hydrogen-bond donors (Lipinski definition) is 2. The van der Waals surface area contributed by atoms with Gasteiger partial charge in [-0.1, -0.05) is 24.3 Å². The van der Waals surface area contributed by atoms with E-state index >= 15 is 0 Å². The predicted molar refractivity (Wildman–Crippen MR) is 142 cm³/mol. The van der Waals surface area contributed by atoms with Crippen molar-refractivity contribution in [1.82, 2.24) is 20.5 Å². The van der Waals surface area contributed by atoms with Gasteiger partial charge in [0, 0.05) is 37.3 Å². The number of nitrogens with zero attached hydrogens (tertiary/aromatic N) is 3. The first-order chi connectivity index (χ1) is 17.6. The standard InChI is InChI=1S/C27H35N5O3S/c1-17(28-2)25(33)31-24(18-10-14-35-15-11-18)27(34)32-13-5-9-23(32)26-30-22(16-36-26)20-6-3-8-21-19(20)7-4-12-29-21/h3-4,6-8,12,16-19,21,23-24,28H,5,9-11,13-15H2,1-2H3,(H,31,33)/t17-,19?,21?,23-,24-/m0/s1. The Balaban J connectivity index is 1.35. The molecule has 5 atom stereocenters. The molecule has 36 heavy (non-hydrogen) atoms. The molecule has 9 heteroatoms.